The van der Waals surface area contributed by atoms with Crippen LogP contribution in [-0.4, -0.2) is 63.8 Å². The molecule has 0 radical (unpaired) electrons. The van der Waals surface area contributed by atoms with Crippen molar-refractivity contribution in [2.24, 2.45) is 11.8 Å². The summed E-state index contributed by atoms with van der Waals surface area (Å²) >= 11 is 0. The number of amides is 2. The van der Waals surface area contributed by atoms with E-state index >= 15 is 0 Å². The number of carbonyl (C=O) groups is 4. The van der Waals surface area contributed by atoms with Gasteiger partial charge in [0.15, 0.2) is 11.5 Å². The molecule has 2 bridgehead atoms. The number of cyclic esters (lactones) is 1. The van der Waals surface area contributed by atoms with Crippen molar-refractivity contribution in [2.45, 2.75) is 59.1 Å². The standard InChI is InChI=1S/C28H35N3O7/c1-17(2)26-19(4)9-10-24(34)29-11-5-7-18(3)13-20(32)14-21(33)15-25-30-22(16-37-25)27(35)31-12-6-8-23(31)28(36)38-26/h5,7,9-10,13-14,16-17,19,23,26,32H,6,8,11-12,15H2,1-4H3,(H,29,34)/b7-5+,10-9+,18-13+,20-14+/t19-,23-,26?/m1/s1. The van der Waals surface area contributed by atoms with Crippen LogP contribution in [0, 0.1) is 11.8 Å². The molecule has 10 nitrogen and oxygen atoms in total. The third-order valence-corrected chi connectivity index (χ3v) is 6.32. The number of nitrogens with zero attached hydrogens (tertiary/aromatic N) is 2. The van der Waals surface area contributed by atoms with Gasteiger partial charge in [-0.25, -0.2) is 9.78 Å². The van der Waals surface area contributed by atoms with E-state index in [1.807, 2.05) is 20.8 Å². The van der Waals surface area contributed by atoms with Crippen molar-refractivity contribution < 1.29 is 33.4 Å². The van der Waals surface area contributed by atoms with Crippen LogP contribution in [0.3, 0.4) is 0 Å². The zero-order valence-electron chi connectivity index (χ0n) is 22.2. The molecule has 1 fully saturated rings. The lowest BCUT2D eigenvalue weighted by atomic mass is 9.94. The summed E-state index contributed by atoms with van der Waals surface area (Å²) in [7, 11) is 0. The number of ketones is 1. The van der Waals surface area contributed by atoms with E-state index in [4.69, 9.17) is 9.15 Å². The third-order valence-electron chi connectivity index (χ3n) is 6.32. The lowest BCUT2D eigenvalue weighted by molar-refractivity contribution is -0.158. The van der Waals surface area contributed by atoms with Gasteiger partial charge in [-0.2, -0.15) is 0 Å². The second kappa shape index (κ2) is 13.0. The van der Waals surface area contributed by atoms with Gasteiger partial charge in [0.05, 0.1) is 6.42 Å². The highest BCUT2D eigenvalue weighted by molar-refractivity contribution is 5.96. The molecule has 38 heavy (non-hydrogen) atoms. The van der Waals surface area contributed by atoms with Crippen LogP contribution in [0.2, 0.25) is 0 Å². The summed E-state index contributed by atoms with van der Waals surface area (Å²) in [6.45, 7) is 8.08. The van der Waals surface area contributed by atoms with E-state index < -0.39 is 29.8 Å². The Morgan fingerprint density at radius 2 is 1.92 bits per heavy atom. The zero-order valence-corrected chi connectivity index (χ0v) is 22.2. The second-order valence-corrected chi connectivity index (χ2v) is 9.89. The molecule has 2 aliphatic heterocycles. The fourth-order valence-electron chi connectivity index (χ4n) is 4.46. The molecule has 3 heterocycles. The molecule has 1 unspecified atom stereocenters. The largest absolute Gasteiger partial charge is 0.508 e. The third kappa shape index (κ3) is 7.77. The second-order valence-electron chi connectivity index (χ2n) is 9.89. The minimum absolute atomic E-state index is 0.0114. The van der Waals surface area contributed by atoms with E-state index in [-0.39, 0.29) is 48.1 Å². The Labute approximate surface area is 222 Å². The van der Waals surface area contributed by atoms with Crippen LogP contribution in [0.1, 0.15) is 56.9 Å². The highest BCUT2D eigenvalue weighted by atomic mass is 16.5. The number of oxazole rings is 1. The molecular formula is C28H35N3O7. The topological polar surface area (TPSA) is 139 Å². The maximum atomic E-state index is 13.2. The van der Waals surface area contributed by atoms with E-state index in [0.29, 0.717) is 25.0 Å². The molecule has 3 atom stereocenters. The number of fused-ring (bicyclic) bond motifs is 3. The first kappa shape index (κ1) is 28.6. The number of allylic oxidation sites excluding steroid dienone is 4. The quantitative estimate of drug-likeness (QED) is 0.533. The number of hydrogen-bond acceptors (Lipinski definition) is 8. The van der Waals surface area contributed by atoms with Gasteiger partial charge in [0, 0.05) is 25.1 Å². The number of ether oxygens (including phenoxy) is 1. The SMILES string of the molecule is CC1=C\C(O)=C/C(=O)Cc2nc(co2)C(=O)N2CCC[C@@H]2C(=O)OC(C(C)C)[C@H](C)/C=C/C(=O)NC\C=C\1. The molecule has 2 aliphatic rings. The van der Waals surface area contributed by atoms with Crippen molar-refractivity contribution in [2.75, 3.05) is 13.1 Å². The Morgan fingerprint density at radius 3 is 2.66 bits per heavy atom. The fraction of sp³-hybridized carbons (Fsp3) is 0.464. The van der Waals surface area contributed by atoms with E-state index in [1.54, 1.807) is 25.2 Å². The molecule has 1 saturated heterocycles. The Hall–Kier alpha value is -3.95. The predicted molar refractivity (Wildman–Crippen MR) is 139 cm³/mol. The summed E-state index contributed by atoms with van der Waals surface area (Å²) in [5, 5.41) is 12.8. The van der Waals surface area contributed by atoms with Gasteiger partial charge in [0.1, 0.15) is 24.2 Å². The van der Waals surface area contributed by atoms with E-state index in [2.05, 4.69) is 10.3 Å². The van der Waals surface area contributed by atoms with Crippen LogP contribution in [0.25, 0.3) is 0 Å². The van der Waals surface area contributed by atoms with Crippen LogP contribution >= 0.6 is 0 Å². The Kier molecular flexibility index (Phi) is 9.81. The Balaban J connectivity index is 1.89. The molecule has 10 heteroatoms. The van der Waals surface area contributed by atoms with Crippen LogP contribution in [0.15, 0.2) is 58.5 Å². The number of carbonyl (C=O) groups excluding carboxylic acids is 4. The predicted octanol–water partition coefficient (Wildman–Crippen LogP) is 3.23. The van der Waals surface area contributed by atoms with Gasteiger partial charge in [-0.05, 0) is 43.4 Å². The number of aliphatic hydroxyl groups is 1. The highest BCUT2D eigenvalue weighted by Crippen LogP contribution is 2.25. The smallest absolute Gasteiger partial charge is 0.329 e. The summed E-state index contributed by atoms with van der Waals surface area (Å²) in [5.41, 5.74) is 0.650. The van der Waals surface area contributed by atoms with Gasteiger partial charge in [-0.1, -0.05) is 39.0 Å². The lowest BCUT2D eigenvalue weighted by Crippen LogP contribution is -2.44. The lowest BCUT2D eigenvalue weighted by Gasteiger charge is -2.29. The van der Waals surface area contributed by atoms with Crippen molar-refractivity contribution in [3.8, 4) is 0 Å². The monoisotopic (exact) mass is 525 g/mol. The number of aromatic nitrogens is 1. The molecule has 3 rings (SSSR count). The number of esters is 1. The zero-order chi connectivity index (χ0) is 27.8. The van der Waals surface area contributed by atoms with E-state index in [1.165, 1.54) is 17.1 Å². The summed E-state index contributed by atoms with van der Waals surface area (Å²) in [5.74, 6) is -2.27. The summed E-state index contributed by atoms with van der Waals surface area (Å²) in [6.07, 6.45) is 10.5. The molecule has 0 aliphatic carbocycles. The van der Waals surface area contributed by atoms with Gasteiger partial charge in [0.2, 0.25) is 11.8 Å². The minimum Gasteiger partial charge on any atom is -0.508 e. The van der Waals surface area contributed by atoms with Gasteiger partial charge in [-0.15, -0.1) is 0 Å². The van der Waals surface area contributed by atoms with E-state index in [9.17, 15) is 24.3 Å². The first-order valence-corrected chi connectivity index (χ1v) is 12.8. The van der Waals surface area contributed by atoms with Crippen molar-refractivity contribution in [3.05, 3.63) is 65.6 Å². The molecule has 1 aromatic heterocycles. The molecule has 2 amide bonds. The van der Waals surface area contributed by atoms with E-state index in [0.717, 1.165) is 12.3 Å². The molecule has 0 saturated carbocycles. The summed E-state index contributed by atoms with van der Waals surface area (Å²) < 4.78 is 11.2. The van der Waals surface area contributed by atoms with Crippen LogP contribution in [-0.2, 0) is 25.5 Å². The number of rotatable bonds is 1. The fourth-order valence-corrected chi connectivity index (χ4v) is 4.46. The van der Waals surface area contributed by atoms with Gasteiger partial charge in [-0.3, -0.25) is 14.4 Å². The van der Waals surface area contributed by atoms with Crippen molar-refractivity contribution >= 4 is 23.6 Å². The Morgan fingerprint density at radius 1 is 1.16 bits per heavy atom. The maximum Gasteiger partial charge on any atom is 0.329 e. The molecule has 0 spiro atoms. The molecule has 204 valence electrons. The van der Waals surface area contributed by atoms with Crippen molar-refractivity contribution in [3.63, 3.8) is 0 Å². The molecule has 2 N–H and O–H groups in total. The highest BCUT2D eigenvalue weighted by Gasteiger charge is 2.38. The Bertz CT molecular complexity index is 1170. The van der Waals surface area contributed by atoms with Crippen LogP contribution in [0.5, 0.6) is 0 Å². The molecule has 0 aromatic carbocycles. The first-order chi connectivity index (χ1) is 18.0. The van der Waals surface area contributed by atoms with Gasteiger partial charge in [0.25, 0.3) is 5.91 Å². The number of aliphatic hydroxyl groups excluding tert-OH is 1. The average molecular weight is 526 g/mol. The van der Waals surface area contributed by atoms with Crippen molar-refractivity contribution in [1.29, 1.82) is 0 Å². The normalized spacial score (nSPS) is 29.0. The molecular weight excluding hydrogens is 490 g/mol. The number of nitrogens with one attached hydrogen (secondary N) is 1. The first-order valence-electron chi connectivity index (χ1n) is 12.8. The molecule has 1 aromatic rings. The van der Waals surface area contributed by atoms with Crippen LogP contribution < -0.4 is 5.32 Å². The number of hydrogen-bond donors (Lipinski definition) is 2. The summed E-state index contributed by atoms with van der Waals surface area (Å²) in [4.78, 5) is 56.5. The average Bonchev–Trinajstić information content (AvgIpc) is 3.52. The van der Waals surface area contributed by atoms with Gasteiger partial charge >= 0.3 is 5.97 Å². The van der Waals surface area contributed by atoms with Crippen LogP contribution in [0.4, 0.5) is 0 Å². The summed E-state index contributed by atoms with van der Waals surface area (Å²) in [6, 6.07) is -0.770. The maximum absolute atomic E-state index is 13.2. The van der Waals surface area contributed by atoms with Gasteiger partial charge < -0.3 is 24.5 Å². The minimum atomic E-state index is -0.770. The van der Waals surface area contributed by atoms with Crippen molar-refractivity contribution in [1.82, 2.24) is 15.2 Å².